The highest BCUT2D eigenvalue weighted by Crippen LogP contribution is 2.39. The predicted octanol–water partition coefficient (Wildman–Crippen LogP) is 3.41. The molecule has 90 valence electrons. The van der Waals surface area contributed by atoms with Gasteiger partial charge in [0, 0.05) is 0 Å². The van der Waals surface area contributed by atoms with Crippen LogP contribution in [0.1, 0.15) is 44.6 Å². The molecule has 0 aromatic carbocycles. The minimum absolute atomic E-state index is 0.721. The summed E-state index contributed by atoms with van der Waals surface area (Å²) in [5.41, 5.74) is 1.40. The fraction of sp³-hybridized carbons (Fsp3) is 0.714. The molecule has 1 aliphatic carbocycles. The minimum Gasteiger partial charge on any atom is -0.472 e. The van der Waals surface area contributed by atoms with Gasteiger partial charge in [0.15, 0.2) is 0 Å². The van der Waals surface area contributed by atoms with Gasteiger partial charge < -0.3 is 9.73 Å². The summed E-state index contributed by atoms with van der Waals surface area (Å²) in [6.07, 6.45) is 7.77. The fourth-order valence-corrected chi connectivity index (χ4v) is 2.76. The zero-order chi connectivity index (χ0) is 11.4. The molecule has 2 nitrogen and oxygen atoms in total. The lowest BCUT2D eigenvalue weighted by atomic mass is 9.90. The minimum atomic E-state index is 0.721. The van der Waals surface area contributed by atoms with Crippen molar-refractivity contribution in [3.8, 4) is 0 Å². The monoisotopic (exact) mass is 221 g/mol. The van der Waals surface area contributed by atoms with Gasteiger partial charge in [-0.1, -0.05) is 20.3 Å². The van der Waals surface area contributed by atoms with Gasteiger partial charge in [0.1, 0.15) is 0 Å². The van der Waals surface area contributed by atoms with Crippen molar-refractivity contribution in [2.75, 3.05) is 13.1 Å². The Hall–Kier alpha value is -0.760. The van der Waals surface area contributed by atoms with E-state index >= 15 is 0 Å². The van der Waals surface area contributed by atoms with Crippen molar-refractivity contribution < 1.29 is 4.42 Å². The summed E-state index contributed by atoms with van der Waals surface area (Å²) in [4.78, 5) is 0. The van der Waals surface area contributed by atoms with E-state index in [1.54, 1.807) is 6.26 Å². The number of nitrogens with one attached hydrogen (secondary N) is 1. The summed E-state index contributed by atoms with van der Waals surface area (Å²) in [6, 6.07) is 2.13. The molecule has 1 aromatic heterocycles. The van der Waals surface area contributed by atoms with Gasteiger partial charge in [0.2, 0.25) is 0 Å². The van der Waals surface area contributed by atoms with Crippen molar-refractivity contribution in [3.05, 3.63) is 24.2 Å². The Morgan fingerprint density at radius 2 is 2.31 bits per heavy atom. The molecular weight excluding hydrogens is 198 g/mol. The van der Waals surface area contributed by atoms with Gasteiger partial charge in [0.05, 0.1) is 12.5 Å². The van der Waals surface area contributed by atoms with Crippen LogP contribution in [0.5, 0.6) is 0 Å². The maximum atomic E-state index is 5.20. The normalized spacial score (nSPS) is 25.4. The smallest absolute Gasteiger partial charge is 0.0937 e. The van der Waals surface area contributed by atoms with Crippen LogP contribution in [0.15, 0.2) is 23.0 Å². The lowest BCUT2D eigenvalue weighted by molar-refractivity contribution is 0.422. The molecule has 1 saturated carbocycles. The van der Waals surface area contributed by atoms with Crippen molar-refractivity contribution in [3.63, 3.8) is 0 Å². The lowest BCUT2D eigenvalue weighted by Gasteiger charge is -2.19. The van der Waals surface area contributed by atoms with Crippen LogP contribution in [0.25, 0.3) is 0 Å². The first-order valence-electron chi connectivity index (χ1n) is 6.50. The Kier molecular flexibility index (Phi) is 4.05. The standard InChI is InChI=1S/C14H23NO/c1-11(2)8-15-9-12-4-3-5-14(12)13-6-7-16-10-13/h6-7,10-12,14-15H,3-5,8-9H2,1-2H3. The van der Waals surface area contributed by atoms with Crippen molar-refractivity contribution in [2.24, 2.45) is 11.8 Å². The van der Waals surface area contributed by atoms with E-state index < -0.39 is 0 Å². The SMILES string of the molecule is CC(C)CNCC1CCCC1c1ccoc1. The van der Waals surface area contributed by atoms with Gasteiger partial charge in [-0.3, -0.25) is 0 Å². The van der Waals surface area contributed by atoms with Crippen LogP contribution in [-0.2, 0) is 0 Å². The van der Waals surface area contributed by atoms with E-state index in [9.17, 15) is 0 Å². The van der Waals surface area contributed by atoms with Gasteiger partial charge in [-0.25, -0.2) is 0 Å². The summed E-state index contributed by atoms with van der Waals surface area (Å²) in [6.45, 7) is 6.81. The number of furan rings is 1. The van der Waals surface area contributed by atoms with Crippen LogP contribution < -0.4 is 5.32 Å². The highest BCUT2D eigenvalue weighted by molar-refractivity contribution is 5.15. The fourth-order valence-electron chi connectivity index (χ4n) is 2.76. The molecule has 2 rings (SSSR count). The van der Waals surface area contributed by atoms with E-state index in [4.69, 9.17) is 4.42 Å². The van der Waals surface area contributed by atoms with Crippen molar-refractivity contribution >= 4 is 0 Å². The third-order valence-corrected chi connectivity index (χ3v) is 3.59. The Morgan fingerprint density at radius 3 is 3.00 bits per heavy atom. The molecule has 1 aliphatic rings. The van der Waals surface area contributed by atoms with Gasteiger partial charge in [-0.05, 0) is 55.3 Å². The molecule has 16 heavy (non-hydrogen) atoms. The molecule has 2 heteroatoms. The quantitative estimate of drug-likeness (QED) is 0.824. The van der Waals surface area contributed by atoms with Gasteiger partial charge in [-0.15, -0.1) is 0 Å². The highest BCUT2D eigenvalue weighted by atomic mass is 16.3. The van der Waals surface area contributed by atoms with Crippen LogP contribution in [0.4, 0.5) is 0 Å². The van der Waals surface area contributed by atoms with E-state index in [-0.39, 0.29) is 0 Å². The predicted molar refractivity (Wildman–Crippen MR) is 66.5 cm³/mol. The molecule has 0 spiro atoms. The zero-order valence-electron chi connectivity index (χ0n) is 10.4. The molecule has 0 aliphatic heterocycles. The summed E-state index contributed by atoms with van der Waals surface area (Å²) in [7, 11) is 0. The summed E-state index contributed by atoms with van der Waals surface area (Å²) >= 11 is 0. The average molecular weight is 221 g/mol. The van der Waals surface area contributed by atoms with Crippen molar-refractivity contribution in [2.45, 2.75) is 39.0 Å². The third-order valence-electron chi connectivity index (χ3n) is 3.59. The van der Waals surface area contributed by atoms with Crippen molar-refractivity contribution in [1.82, 2.24) is 5.32 Å². The largest absolute Gasteiger partial charge is 0.472 e. The molecule has 2 atom stereocenters. The van der Waals surface area contributed by atoms with E-state index in [0.29, 0.717) is 0 Å². The van der Waals surface area contributed by atoms with E-state index in [2.05, 4.69) is 25.2 Å². The highest BCUT2D eigenvalue weighted by Gasteiger charge is 2.28. The first kappa shape index (κ1) is 11.7. The number of rotatable bonds is 5. The van der Waals surface area contributed by atoms with Crippen LogP contribution in [0.2, 0.25) is 0 Å². The molecule has 0 radical (unpaired) electrons. The number of hydrogen-bond acceptors (Lipinski definition) is 2. The first-order valence-corrected chi connectivity index (χ1v) is 6.50. The average Bonchev–Trinajstić information content (AvgIpc) is 2.84. The summed E-state index contributed by atoms with van der Waals surface area (Å²) in [5, 5.41) is 3.59. The Balaban J connectivity index is 1.84. The van der Waals surface area contributed by atoms with Crippen LogP contribution in [0, 0.1) is 11.8 Å². The lowest BCUT2D eigenvalue weighted by Crippen LogP contribution is -2.27. The molecule has 1 heterocycles. The maximum Gasteiger partial charge on any atom is 0.0937 e. The molecule has 0 amide bonds. The maximum absolute atomic E-state index is 5.20. The summed E-state index contributed by atoms with van der Waals surface area (Å²) < 4.78 is 5.20. The Labute approximate surface area is 98.4 Å². The molecular formula is C14H23NO. The van der Waals surface area contributed by atoms with Crippen LogP contribution in [-0.4, -0.2) is 13.1 Å². The molecule has 0 bridgehead atoms. The molecule has 0 saturated heterocycles. The van der Waals surface area contributed by atoms with Crippen molar-refractivity contribution in [1.29, 1.82) is 0 Å². The third kappa shape index (κ3) is 2.88. The second kappa shape index (κ2) is 5.53. The second-order valence-electron chi connectivity index (χ2n) is 5.41. The van der Waals surface area contributed by atoms with E-state index in [1.807, 2.05) is 6.26 Å². The van der Waals surface area contributed by atoms with Gasteiger partial charge in [0.25, 0.3) is 0 Å². The van der Waals surface area contributed by atoms with Gasteiger partial charge >= 0.3 is 0 Å². The van der Waals surface area contributed by atoms with Crippen LogP contribution >= 0.6 is 0 Å². The van der Waals surface area contributed by atoms with E-state index in [0.717, 1.165) is 30.8 Å². The molecule has 1 aromatic rings. The summed E-state index contributed by atoms with van der Waals surface area (Å²) in [5.74, 6) is 2.27. The zero-order valence-corrected chi connectivity index (χ0v) is 10.4. The van der Waals surface area contributed by atoms with Gasteiger partial charge in [-0.2, -0.15) is 0 Å². The molecule has 1 fully saturated rings. The Bertz CT molecular complexity index is 292. The topological polar surface area (TPSA) is 25.2 Å². The van der Waals surface area contributed by atoms with Crippen LogP contribution in [0.3, 0.4) is 0 Å². The second-order valence-corrected chi connectivity index (χ2v) is 5.41. The molecule has 2 unspecified atom stereocenters. The number of hydrogen-bond donors (Lipinski definition) is 1. The first-order chi connectivity index (χ1) is 7.77. The Morgan fingerprint density at radius 1 is 1.44 bits per heavy atom. The molecule has 1 N–H and O–H groups in total. The van der Waals surface area contributed by atoms with E-state index in [1.165, 1.54) is 24.8 Å².